The standard InChI is InChI=1S/C11H11NO2/c1-2-12-9-10(13)7-5-3-4-6-8(7)11(9)14/h3-6,9,12H,2H2,1H3. The van der Waals surface area contributed by atoms with Crippen LogP contribution in [0, 0.1) is 0 Å². The quantitative estimate of drug-likeness (QED) is 0.707. The number of fused-ring (bicyclic) bond motifs is 1. The van der Waals surface area contributed by atoms with Gasteiger partial charge in [-0.05, 0) is 6.54 Å². The van der Waals surface area contributed by atoms with E-state index in [-0.39, 0.29) is 11.6 Å². The van der Waals surface area contributed by atoms with Crippen LogP contribution in [0.15, 0.2) is 24.3 Å². The predicted octanol–water partition coefficient (Wildman–Crippen LogP) is 1.04. The molecule has 72 valence electrons. The zero-order valence-electron chi connectivity index (χ0n) is 7.91. The molecule has 1 aromatic carbocycles. The Balaban J connectivity index is 2.43. The number of ketones is 2. The van der Waals surface area contributed by atoms with Gasteiger partial charge >= 0.3 is 0 Å². The van der Waals surface area contributed by atoms with Crippen LogP contribution >= 0.6 is 0 Å². The second-order valence-electron chi connectivity index (χ2n) is 3.26. The smallest absolute Gasteiger partial charge is 0.188 e. The van der Waals surface area contributed by atoms with Gasteiger partial charge in [-0.15, -0.1) is 0 Å². The maximum Gasteiger partial charge on any atom is 0.188 e. The number of carbonyl (C=O) groups excluding carboxylic acids is 2. The van der Waals surface area contributed by atoms with Crippen molar-refractivity contribution < 1.29 is 9.59 Å². The Kier molecular flexibility index (Phi) is 2.17. The van der Waals surface area contributed by atoms with Gasteiger partial charge in [-0.25, -0.2) is 0 Å². The summed E-state index contributed by atoms with van der Waals surface area (Å²) in [7, 11) is 0. The first kappa shape index (κ1) is 9.09. The minimum absolute atomic E-state index is 0.104. The second kappa shape index (κ2) is 3.35. The first-order chi connectivity index (χ1) is 6.75. The van der Waals surface area contributed by atoms with E-state index in [0.29, 0.717) is 17.7 Å². The van der Waals surface area contributed by atoms with Crippen LogP contribution in [0.1, 0.15) is 27.6 Å². The van der Waals surface area contributed by atoms with Gasteiger partial charge in [0.25, 0.3) is 0 Å². The van der Waals surface area contributed by atoms with Gasteiger partial charge in [-0.1, -0.05) is 31.2 Å². The SMILES string of the molecule is CCNC1C(=O)c2ccccc2C1=O. The molecule has 1 aromatic rings. The lowest BCUT2D eigenvalue weighted by atomic mass is 10.1. The average molecular weight is 189 g/mol. The number of carbonyl (C=O) groups is 2. The maximum atomic E-state index is 11.7. The number of Topliss-reactive ketones (excluding diaryl/α,β-unsaturated/α-hetero) is 2. The van der Waals surface area contributed by atoms with Gasteiger partial charge in [0.1, 0.15) is 6.04 Å². The van der Waals surface area contributed by atoms with Gasteiger partial charge in [0, 0.05) is 11.1 Å². The van der Waals surface area contributed by atoms with E-state index in [2.05, 4.69) is 5.32 Å². The molecule has 1 aliphatic carbocycles. The summed E-state index contributed by atoms with van der Waals surface area (Å²) in [5, 5.41) is 2.89. The van der Waals surface area contributed by atoms with E-state index in [1.165, 1.54) is 0 Å². The molecule has 1 aliphatic rings. The third-order valence-electron chi connectivity index (χ3n) is 2.39. The van der Waals surface area contributed by atoms with Gasteiger partial charge < -0.3 is 5.32 Å². The minimum Gasteiger partial charge on any atom is -0.301 e. The highest BCUT2D eigenvalue weighted by molar-refractivity contribution is 6.29. The van der Waals surface area contributed by atoms with Crippen molar-refractivity contribution in [2.45, 2.75) is 13.0 Å². The topological polar surface area (TPSA) is 46.2 Å². The monoisotopic (exact) mass is 189 g/mol. The molecule has 0 aromatic heterocycles. The first-order valence-electron chi connectivity index (χ1n) is 4.66. The predicted molar refractivity (Wildman–Crippen MR) is 52.6 cm³/mol. The molecule has 0 unspecified atom stereocenters. The molecular formula is C11H11NO2. The molecule has 0 spiro atoms. The lowest BCUT2D eigenvalue weighted by molar-refractivity contribution is 0.0870. The van der Waals surface area contributed by atoms with E-state index in [4.69, 9.17) is 0 Å². The van der Waals surface area contributed by atoms with Gasteiger partial charge in [-0.2, -0.15) is 0 Å². The van der Waals surface area contributed by atoms with Crippen molar-refractivity contribution in [3.8, 4) is 0 Å². The Morgan fingerprint density at radius 3 is 2.07 bits per heavy atom. The van der Waals surface area contributed by atoms with Crippen molar-refractivity contribution in [3.63, 3.8) is 0 Å². The molecule has 3 nitrogen and oxygen atoms in total. The van der Waals surface area contributed by atoms with E-state index < -0.39 is 6.04 Å². The van der Waals surface area contributed by atoms with Crippen LogP contribution in [0.25, 0.3) is 0 Å². The summed E-state index contributed by atoms with van der Waals surface area (Å²) in [5.41, 5.74) is 1.09. The average Bonchev–Trinajstić information content (AvgIpc) is 2.45. The largest absolute Gasteiger partial charge is 0.301 e. The molecule has 1 N–H and O–H groups in total. The molecule has 0 saturated carbocycles. The molecule has 0 radical (unpaired) electrons. The summed E-state index contributed by atoms with van der Waals surface area (Å²) in [6, 6.07) is 6.30. The number of hydrogen-bond acceptors (Lipinski definition) is 3. The Morgan fingerprint density at radius 2 is 1.64 bits per heavy atom. The van der Waals surface area contributed by atoms with Gasteiger partial charge in [0.15, 0.2) is 11.6 Å². The summed E-state index contributed by atoms with van der Waals surface area (Å²) in [5.74, 6) is -0.208. The van der Waals surface area contributed by atoms with Gasteiger partial charge in [0.2, 0.25) is 0 Å². The van der Waals surface area contributed by atoms with Crippen molar-refractivity contribution in [2.75, 3.05) is 6.54 Å². The molecule has 2 rings (SSSR count). The zero-order chi connectivity index (χ0) is 10.1. The molecule has 0 saturated heterocycles. The Labute approximate surface area is 82.1 Å². The number of benzene rings is 1. The molecule has 3 heteroatoms. The summed E-state index contributed by atoms with van der Waals surface area (Å²) < 4.78 is 0. The Morgan fingerprint density at radius 1 is 1.14 bits per heavy atom. The van der Waals surface area contributed by atoms with Crippen LogP contribution in [0.4, 0.5) is 0 Å². The second-order valence-corrected chi connectivity index (χ2v) is 3.26. The Bertz CT molecular complexity index is 363. The summed E-state index contributed by atoms with van der Waals surface area (Å²) >= 11 is 0. The van der Waals surface area contributed by atoms with Gasteiger partial charge in [-0.3, -0.25) is 9.59 Å². The maximum absolute atomic E-state index is 11.7. The fourth-order valence-corrected chi connectivity index (χ4v) is 1.73. The highest BCUT2D eigenvalue weighted by Crippen LogP contribution is 2.21. The number of likely N-dealkylation sites (N-methyl/N-ethyl adjacent to an activating group) is 1. The van der Waals surface area contributed by atoms with Crippen molar-refractivity contribution in [1.82, 2.24) is 5.32 Å². The highest BCUT2D eigenvalue weighted by atomic mass is 16.2. The first-order valence-corrected chi connectivity index (χ1v) is 4.66. The molecule has 0 aliphatic heterocycles. The van der Waals surface area contributed by atoms with Crippen LogP contribution < -0.4 is 5.32 Å². The van der Waals surface area contributed by atoms with Crippen LogP contribution in [0.5, 0.6) is 0 Å². The number of nitrogens with one attached hydrogen (secondary N) is 1. The Hall–Kier alpha value is -1.48. The molecule has 0 atom stereocenters. The molecule has 0 bridgehead atoms. The third-order valence-corrected chi connectivity index (χ3v) is 2.39. The van der Waals surface area contributed by atoms with Crippen LogP contribution in [0.3, 0.4) is 0 Å². The lowest BCUT2D eigenvalue weighted by Gasteiger charge is -2.05. The lowest BCUT2D eigenvalue weighted by Crippen LogP contribution is -2.38. The van der Waals surface area contributed by atoms with Crippen molar-refractivity contribution in [1.29, 1.82) is 0 Å². The van der Waals surface area contributed by atoms with Crippen molar-refractivity contribution >= 4 is 11.6 Å². The van der Waals surface area contributed by atoms with Crippen molar-refractivity contribution in [2.24, 2.45) is 0 Å². The summed E-state index contributed by atoms with van der Waals surface area (Å²) in [6.45, 7) is 2.50. The van der Waals surface area contributed by atoms with E-state index in [1.54, 1.807) is 24.3 Å². The molecule has 0 heterocycles. The molecule has 0 amide bonds. The fraction of sp³-hybridized carbons (Fsp3) is 0.273. The van der Waals surface area contributed by atoms with E-state index in [9.17, 15) is 9.59 Å². The number of hydrogen-bond donors (Lipinski definition) is 1. The van der Waals surface area contributed by atoms with E-state index in [1.807, 2.05) is 6.92 Å². The summed E-state index contributed by atoms with van der Waals surface area (Å²) in [6.07, 6.45) is 0. The number of rotatable bonds is 2. The summed E-state index contributed by atoms with van der Waals surface area (Å²) in [4.78, 5) is 23.4. The molecular weight excluding hydrogens is 178 g/mol. The van der Waals surface area contributed by atoms with Crippen LogP contribution in [-0.2, 0) is 0 Å². The minimum atomic E-state index is -0.655. The normalized spacial score (nSPS) is 16.1. The van der Waals surface area contributed by atoms with E-state index in [0.717, 1.165) is 0 Å². The molecule has 14 heavy (non-hydrogen) atoms. The zero-order valence-corrected chi connectivity index (χ0v) is 7.91. The highest BCUT2D eigenvalue weighted by Gasteiger charge is 2.37. The van der Waals surface area contributed by atoms with E-state index >= 15 is 0 Å². The van der Waals surface area contributed by atoms with Crippen LogP contribution in [0.2, 0.25) is 0 Å². The third kappa shape index (κ3) is 1.17. The van der Waals surface area contributed by atoms with Gasteiger partial charge in [0.05, 0.1) is 0 Å². The van der Waals surface area contributed by atoms with Crippen molar-refractivity contribution in [3.05, 3.63) is 35.4 Å². The fourth-order valence-electron chi connectivity index (χ4n) is 1.73. The molecule has 0 fully saturated rings. The van der Waals surface area contributed by atoms with Crippen LogP contribution in [-0.4, -0.2) is 24.2 Å².